The van der Waals surface area contributed by atoms with Gasteiger partial charge in [-0.15, -0.1) is 0 Å². The molecule has 0 aromatic carbocycles. The molecule has 0 amide bonds. The van der Waals surface area contributed by atoms with E-state index >= 15 is 0 Å². The molecular weight excluding hydrogens is 266 g/mol. The van der Waals surface area contributed by atoms with Gasteiger partial charge in [0, 0.05) is 12.6 Å². The summed E-state index contributed by atoms with van der Waals surface area (Å²) in [6.45, 7) is 5.25. The second-order valence-electron chi connectivity index (χ2n) is 7.10. The van der Waals surface area contributed by atoms with Crippen LogP contribution in [-0.2, 0) is 9.53 Å². The van der Waals surface area contributed by atoms with E-state index in [1.165, 1.54) is 0 Å². The van der Waals surface area contributed by atoms with E-state index in [1.54, 1.807) is 0 Å². The number of carbonyl (C=O) groups is 1. The molecule has 0 aromatic heterocycles. The van der Waals surface area contributed by atoms with Gasteiger partial charge in [-0.2, -0.15) is 0 Å². The molecule has 0 aliphatic heterocycles. The largest absolute Gasteiger partial charge is 0.466 e. The van der Waals surface area contributed by atoms with E-state index in [1.807, 2.05) is 6.92 Å². The minimum Gasteiger partial charge on any atom is -0.466 e. The summed E-state index contributed by atoms with van der Waals surface area (Å²) in [6, 6.07) is 0.344. The van der Waals surface area contributed by atoms with Crippen molar-refractivity contribution in [1.29, 1.82) is 0 Å². The Morgan fingerprint density at radius 3 is 2.67 bits per heavy atom. The summed E-state index contributed by atoms with van der Waals surface area (Å²) in [4.78, 5) is 11.8. The topological polar surface area (TPSA) is 58.6 Å². The molecule has 0 heterocycles. The van der Waals surface area contributed by atoms with E-state index in [0.717, 1.165) is 57.3 Å². The zero-order chi connectivity index (χ0) is 15.3. The van der Waals surface area contributed by atoms with Crippen molar-refractivity contribution in [3.05, 3.63) is 0 Å². The Bertz CT molecular complexity index is 337. The van der Waals surface area contributed by atoms with Gasteiger partial charge in [0.1, 0.15) is 0 Å². The van der Waals surface area contributed by atoms with Crippen LogP contribution in [0.4, 0.5) is 0 Å². The highest BCUT2D eigenvalue weighted by atomic mass is 16.5. The van der Waals surface area contributed by atoms with Crippen LogP contribution in [0.25, 0.3) is 0 Å². The van der Waals surface area contributed by atoms with Gasteiger partial charge in [-0.25, -0.2) is 0 Å². The molecule has 2 saturated carbocycles. The Labute approximate surface area is 128 Å². The number of ether oxygens (including phenoxy) is 1. The van der Waals surface area contributed by atoms with Gasteiger partial charge in [-0.1, -0.05) is 13.3 Å². The molecule has 2 atom stereocenters. The maximum Gasteiger partial charge on any atom is 0.308 e. The van der Waals surface area contributed by atoms with E-state index in [-0.39, 0.29) is 11.9 Å². The summed E-state index contributed by atoms with van der Waals surface area (Å²) < 4.78 is 5.14. The number of aliphatic hydroxyl groups is 1. The average Bonchev–Trinajstić information content (AvgIpc) is 2.49. The molecule has 4 heteroatoms. The lowest BCUT2D eigenvalue weighted by atomic mass is 9.79. The van der Waals surface area contributed by atoms with Crippen LogP contribution in [0.5, 0.6) is 0 Å². The second kappa shape index (κ2) is 7.59. The molecule has 122 valence electrons. The van der Waals surface area contributed by atoms with Gasteiger partial charge >= 0.3 is 5.97 Å². The van der Waals surface area contributed by atoms with Gasteiger partial charge in [0.25, 0.3) is 0 Å². The van der Waals surface area contributed by atoms with Crippen molar-refractivity contribution in [3.8, 4) is 0 Å². The second-order valence-corrected chi connectivity index (χ2v) is 7.10. The smallest absolute Gasteiger partial charge is 0.308 e. The molecule has 2 aliphatic carbocycles. The molecule has 2 aliphatic rings. The normalized spacial score (nSPS) is 37.2. The van der Waals surface area contributed by atoms with Crippen LogP contribution in [0.15, 0.2) is 0 Å². The number of rotatable bonds is 5. The van der Waals surface area contributed by atoms with Crippen LogP contribution in [0.2, 0.25) is 0 Å². The summed E-state index contributed by atoms with van der Waals surface area (Å²) in [5.74, 6) is 0.736. The Balaban J connectivity index is 1.76. The van der Waals surface area contributed by atoms with Crippen LogP contribution < -0.4 is 5.32 Å². The molecule has 4 nitrogen and oxygen atoms in total. The minimum atomic E-state index is -0.538. The average molecular weight is 297 g/mol. The molecule has 0 bridgehead atoms. The van der Waals surface area contributed by atoms with Crippen molar-refractivity contribution in [1.82, 2.24) is 5.32 Å². The van der Waals surface area contributed by atoms with Gasteiger partial charge in [0.2, 0.25) is 0 Å². The van der Waals surface area contributed by atoms with E-state index in [4.69, 9.17) is 4.74 Å². The van der Waals surface area contributed by atoms with Crippen LogP contribution >= 0.6 is 0 Å². The first-order valence-corrected chi connectivity index (χ1v) is 8.65. The maximum absolute atomic E-state index is 11.8. The molecule has 0 spiro atoms. The molecule has 2 unspecified atom stereocenters. The number of hydrogen-bond donors (Lipinski definition) is 2. The molecule has 2 fully saturated rings. The Morgan fingerprint density at radius 1 is 1.29 bits per heavy atom. The highest BCUT2D eigenvalue weighted by Gasteiger charge is 2.34. The third-order valence-electron chi connectivity index (χ3n) is 5.22. The highest BCUT2D eigenvalue weighted by molar-refractivity contribution is 5.72. The van der Waals surface area contributed by atoms with E-state index in [2.05, 4.69) is 12.2 Å². The highest BCUT2D eigenvalue weighted by Crippen LogP contribution is 2.32. The fourth-order valence-electron chi connectivity index (χ4n) is 3.66. The van der Waals surface area contributed by atoms with Crippen molar-refractivity contribution in [2.24, 2.45) is 11.8 Å². The van der Waals surface area contributed by atoms with Gasteiger partial charge < -0.3 is 15.2 Å². The van der Waals surface area contributed by atoms with Crippen LogP contribution in [0.3, 0.4) is 0 Å². The number of carbonyl (C=O) groups excluding carboxylic acids is 1. The van der Waals surface area contributed by atoms with Gasteiger partial charge in [0.05, 0.1) is 18.1 Å². The lowest BCUT2D eigenvalue weighted by molar-refractivity contribution is -0.149. The van der Waals surface area contributed by atoms with E-state index < -0.39 is 5.60 Å². The fourth-order valence-corrected chi connectivity index (χ4v) is 3.66. The van der Waals surface area contributed by atoms with E-state index in [9.17, 15) is 9.90 Å². The van der Waals surface area contributed by atoms with Gasteiger partial charge in [-0.05, 0) is 57.8 Å². The predicted octanol–water partition coefficient (Wildman–Crippen LogP) is 2.64. The van der Waals surface area contributed by atoms with Crippen molar-refractivity contribution < 1.29 is 14.6 Å². The summed E-state index contributed by atoms with van der Waals surface area (Å²) in [5.41, 5.74) is -0.538. The van der Waals surface area contributed by atoms with Crippen LogP contribution in [0, 0.1) is 11.8 Å². The van der Waals surface area contributed by atoms with Crippen molar-refractivity contribution in [2.75, 3.05) is 13.2 Å². The van der Waals surface area contributed by atoms with Crippen molar-refractivity contribution in [3.63, 3.8) is 0 Å². The molecular formula is C17H31NO3. The standard InChI is InChI=1S/C17H31NO3/c1-3-21-16(19)14-5-4-6-15(11-14)18-12-17(20)9-7-13(2)8-10-17/h13-15,18,20H,3-12H2,1-2H3. The Hall–Kier alpha value is -0.610. The molecule has 0 saturated heterocycles. The quantitative estimate of drug-likeness (QED) is 0.766. The molecule has 2 rings (SSSR count). The number of hydrogen-bond acceptors (Lipinski definition) is 4. The van der Waals surface area contributed by atoms with Crippen molar-refractivity contribution in [2.45, 2.75) is 76.9 Å². The molecule has 0 radical (unpaired) electrons. The SMILES string of the molecule is CCOC(=O)C1CCCC(NCC2(O)CCC(C)CC2)C1. The molecule has 2 N–H and O–H groups in total. The Kier molecular flexibility index (Phi) is 6.06. The van der Waals surface area contributed by atoms with Crippen molar-refractivity contribution >= 4 is 5.97 Å². The molecule has 21 heavy (non-hydrogen) atoms. The van der Waals surface area contributed by atoms with Gasteiger partial charge in [-0.3, -0.25) is 4.79 Å². The summed E-state index contributed by atoms with van der Waals surface area (Å²) in [6.07, 6.45) is 8.00. The number of nitrogens with one attached hydrogen (secondary N) is 1. The first-order valence-electron chi connectivity index (χ1n) is 8.65. The summed E-state index contributed by atoms with van der Waals surface area (Å²) in [7, 11) is 0. The maximum atomic E-state index is 11.8. The Morgan fingerprint density at radius 2 is 2.00 bits per heavy atom. The van der Waals surface area contributed by atoms with Gasteiger partial charge in [0.15, 0.2) is 0 Å². The number of esters is 1. The first-order chi connectivity index (χ1) is 10.0. The van der Waals surface area contributed by atoms with Crippen LogP contribution in [0.1, 0.15) is 65.2 Å². The predicted molar refractivity (Wildman–Crippen MR) is 83.0 cm³/mol. The lowest BCUT2D eigenvalue weighted by Gasteiger charge is -2.37. The summed E-state index contributed by atoms with van der Waals surface area (Å²) >= 11 is 0. The molecule has 0 aromatic rings. The fraction of sp³-hybridized carbons (Fsp3) is 0.941. The third-order valence-corrected chi connectivity index (χ3v) is 5.22. The minimum absolute atomic E-state index is 0.0391. The van der Waals surface area contributed by atoms with Crippen LogP contribution in [-0.4, -0.2) is 35.9 Å². The van der Waals surface area contributed by atoms with E-state index in [0.29, 0.717) is 19.2 Å². The zero-order valence-electron chi connectivity index (χ0n) is 13.6. The first kappa shape index (κ1) is 16.8. The lowest BCUT2D eigenvalue weighted by Crippen LogP contribution is -2.48. The monoisotopic (exact) mass is 297 g/mol. The summed E-state index contributed by atoms with van der Waals surface area (Å²) in [5, 5.41) is 14.1. The third kappa shape index (κ3) is 4.96. The zero-order valence-corrected chi connectivity index (χ0v) is 13.6.